The molecule has 2 amide bonds. The molecule has 0 spiro atoms. The molecular weight excluding hydrogens is 499 g/mol. The number of hydrogen-bond acceptors (Lipinski definition) is 3. The second-order valence-corrected chi connectivity index (χ2v) is 10.1. The number of hydrogen-bond donors (Lipinski definition) is 1. The first-order valence-corrected chi connectivity index (χ1v) is 13.5. The number of halogens is 2. The van der Waals surface area contributed by atoms with Gasteiger partial charge in [0.05, 0.1) is 5.75 Å². The van der Waals surface area contributed by atoms with Gasteiger partial charge in [-0.05, 0) is 47.4 Å². The van der Waals surface area contributed by atoms with Gasteiger partial charge in [-0.25, -0.2) is 0 Å². The van der Waals surface area contributed by atoms with Crippen LogP contribution in [-0.4, -0.2) is 35.1 Å². The van der Waals surface area contributed by atoms with Crippen LogP contribution in [-0.2, 0) is 28.3 Å². The lowest BCUT2D eigenvalue weighted by molar-refractivity contribution is -0.139. The molecule has 1 atom stereocenters. The van der Waals surface area contributed by atoms with Crippen LogP contribution in [0.1, 0.15) is 30.0 Å². The zero-order valence-electron chi connectivity index (χ0n) is 19.8. The van der Waals surface area contributed by atoms with Crippen LogP contribution < -0.4 is 5.32 Å². The molecule has 184 valence electrons. The first-order valence-electron chi connectivity index (χ1n) is 11.6. The first kappa shape index (κ1) is 27.1. The molecule has 3 aromatic rings. The fraction of sp³-hybridized carbons (Fsp3) is 0.286. The van der Waals surface area contributed by atoms with Crippen LogP contribution in [0.3, 0.4) is 0 Å². The van der Waals surface area contributed by atoms with E-state index in [9.17, 15) is 9.59 Å². The predicted molar refractivity (Wildman–Crippen MR) is 147 cm³/mol. The zero-order chi connectivity index (χ0) is 25.0. The molecule has 0 aliphatic carbocycles. The summed E-state index contributed by atoms with van der Waals surface area (Å²) in [6.45, 7) is 2.91. The van der Waals surface area contributed by atoms with Crippen LogP contribution in [0.2, 0.25) is 10.0 Å². The topological polar surface area (TPSA) is 49.4 Å². The molecular formula is C28H30Cl2N2O2S. The third-order valence-electron chi connectivity index (χ3n) is 5.49. The summed E-state index contributed by atoms with van der Waals surface area (Å²) in [6, 6.07) is 24.2. The molecule has 1 N–H and O–H groups in total. The van der Waals surface area contributed by atoms with E-state index >= 15 is 0 Å². The SMILES string of the molecule is CCCNC(=O)[C@@H](Cc1ccccc1)N(Cc1ccc(Cl)cc1)C(=O)CSCc1ccc(Cl)cc1. The molecule has 0 saturated heterocycles. The Kier molecular flexibility index (Phi) is 11.0. The van der Waals surface area contributed by atoms with Crippen molar-refractivity contribution in [2.45, 2.75) is 38.1 Å². The average Bonchev–Trinajstić information content (AvgIpc) is 2.87. The quantitative estimate of drug-likeness (QED) is 0.296. The summed E-state index contributed by atoms with van der Waals surface area (Å²) in [5.74, 6) is 0.734. The van der Waals surface area contributed by atoms with E-state index in [-0.39, 0.29) is 17.6 Å². The zero-order valence-corrected chi connectivity index (χ0v) is 22.1. The molecule has 0 radical (unpaired) electrons. The van der Waals surface area contributed by atoms with Crippen LogP contribution in [0.25, 0.3) is 0 Å². The lowest BCUT2D eigenvalue weighted by atomic mass is 10.0. The van der Waals surface area contributed by atoms with Crippen LogP contribution in [0.4, 0.5) is 0 Å². The molecule has 4 nitrogen and oxygen atoms in total. The average molecular weight is 530 g/mol. The van der Waals surface area contributed by atoms with Gasteiger partial charge in [0.1, 0.15) is 6.04 Å². The molecule has 0 aliphatic rings. The minimum absolute atomic E-state index is 0.0773. The molecule has 3 aromatic carbocycles. The summed E-state index contributed by atoms with van der Waals surface area (Å²) in [7, 11) is 0. The number of carbonyl (C=O) groups excluding carboxylic acids is 2. The molecule has 0 saturated carbocycles. The van der Waals surface area contributed by atoms with Gasteiger partial charge in [0, 0.05) is 35.3 Å². The van der Waals surface area contributed by atoms with Gasteiger partial charge in [-0.15, -0.1) is 11.8 Å². The summed E-state index contributed by atoms with van der Waals surface area (Å²) in [6.07, 6.45) is 1.27. The molecule has 0 fully saturated rings. The Morgan fingerprint density at radius 1 is 0.857 bits per heavy atom. The predicted octanol–water partition coefficient (Wildman–Crippen LogP) is 6.39. The summed E-state index contributed by atoms with van der Waals surface area (Å²) in [5, 5.41) is 4.31. The van der Waals surface area contributed by atoms with E-state index in [1.807, 2.05) is 73.7 Å². The minimum atomic E-state index is -0.622. The second kappa shape index (κ2) is 14.2. The number of carbonyl (C=O) groups is 2. The van der Waals surface area contributed by atoms with E-state index in [0.29, 0.717) is 35.3 Å². The number of thioether (sulfide) groups is 1. The van der Waals surface area contributed by atoms with Gasteiger partial charge in [-0.1, -0.05) is 84.7 Å². The Balaban J connectivity index is 1.81. The highest BCUT2D eigenvalue weighted by Crippen LogP contribution is 2.20. The number of benzene rings is 3. The molecule has 0 aliphatic heterocycles. The summed E-state index contributed by atoms with van der Waals surface area (Å²) >= 11 is 13.6. The molecule has 3 rings (SSSR count). The molecule has 0 bridgehead atoms. The van der Waals surface area contributed by atoms with Crippen molar-refractivity contribution in [3.8, 4) is 0 Å². The van der Waals surface area contributed by atoms with Crippen molar-refractivity contribution in [1.29, 1.82) is 0 Å². The Bertz CT molecular complexity index is 1080. The second-order valence-electron chi connectivity index (χ2n) is 8.26. The molecule has 7 heteroatoms. The molecule has 0 heterocycles. The fourth-order valence-corrected chi connectivity index (χ4v) is 4.75. The van der Waals surface area contributed by atoms with Crippen molar-refractivity contribution < 1.29 is 9.59 Å². The maximum atomic E-state index is 13.5. The largest absolute Gasteiger partial charge is 0.354 e. The minimum Gasteiger partial charge on any atom is -0.354 e. The molecule has 35 heavy (non-hydrogen) atoms. The van der Waals surface area contributed by atoms with Crippen molar-refractivity contribution in [2.75, 3.05) is 12.3 Å². The number of nitrogens with one attached hydrogen (secondary N) is 1. The van der Waals surface area contributed by atoms with E-state index < -0.39 is 6.04 Å². The number of rotatable bonds is 12. The van der Waals surface area contributed by atoms with Crippen molar-refractivity contribution >= 4 is 46.8 Å². The number of amides is 2. The lowest BCUT2D eigenvalue weighted by Gasteiger charge is -2.31. The van der Waals surface area contributed by atoms with Crippen LogP contribution in [0, 0.1) is 0 Å². The van der Waals surface area contributed by atoms with Gasteiger partial charge >= 0.3 is 0 Å². The summed E-state index contributed by atoms with van der Waals surface area (Å²) in [4.78, 5) is 28.5. The normalized spacial score (nSPS) is 11.6. The standard InChI is InChI=1S/C28H30Cl2N2O2S/c1-2-16-31-28(34)26(17-21-6-4-3-5-7-21)32(18-22-8-12-24(29)13-9-22)27(33)20-35-19-23-10-14-25(30)15-11-23/h3-15,26H,2,16-20H2,1H3,(H,31,34)/t26-/m1/s1. The van der Waals surface area contributed by atoms with Gasteiger partial charge in [-0.3, -0.25) is 9.59 Å². The maximum Gasteiger partial charge on any atom is 0.243 e. The van der Waals surface area contributed by atoms with E-state index in [1.54, 1.807) is 17.0 Å². The summed E-state index contributed by atoms with van der Waals surface area (Å²) < 4.78 is 0. The lowest BCUT2D eigenvalue weighted by Crippen LogP contribution is -2.51. The van der Waals surface area contributed by atoms with E-state index in [2.05, 4.69) is 5.32 Å². The number of nitrogens with zero attached hydrogens (tertiary/aromatic N) is 1. The third-order valence-corrected chi connectivity index (χ3v) is 6.99. The van der Waals surface area contributed by atoms with Crippen LogP contribution in [0.15, 0.2) is 78.9 Å². The molecule has 0 aromatic heterocycles. The van der Waals surface area contributed by atoms with E-state index in [4.69, 9.17) is 23.2 Å². The third kappa shape index (κ3) is 8.92. The van der Waals surface area contributed by atoms with Crippen molar-refractivity contribution in [3.05, 3.63) is 106 Å². The fourth-order valence-electron chi connectivity index (χ4n) is 3.63. The Morgan fingerprint density at radius 2 is 1.46 bits per heavy atom. The van der Waals surface area contributed by atoms with Crippen molar-refractivity contribution in [1.82, 2.24) is 10.2 Å². The van der Waals surface area contributed by atoms with Gasteiger partial charge in [0.2, 0.25) is 11.8 Å². The van der Waals surface area contributed by atoms with Crippen LogP contribution >= 0.6 is 35.0 Å². The van der Waals surface area contributed by atoms with Gasteiger partial charge < -0.3 is 10.2 Å². The first-order chi connectivity index (χ1) is 17.0. The van der Waals surface area contributed by atoms with E-state index in [1.165, 1.54) is 11.8 Å². The highest BCUT2D eigenvalue weighted by atomic mass is 35.5. The summed E-state index contributed by atoms with van der Waals surface area (Å²) in [5.41, 5.74) is 3.02. The highest BCUT2D eigenvalue weighted by molar-refractivity contribution is 7.99. The maximum absolute atomic E-state index is 13.5. The smallest absolute Gasteiger partial charge is 0.243 e. The van der Waals surface area contributed by atoms with Gasteiger partial charge in [0.15, 0.2) is 0 Å². The molecule has 0 unspecified atom stereocenters. The van der Waals surface area contributed by atoms with Crippen LogP contribution in [0.5, 0.6) is 0 Å². The van der Waals surface area contributed by atoms with Crippen molar-refractivity contribution in [3.63, 3.8) is 0 Å². The van der Waals surface area contributed by atoms with Gasteiger partial charge in [0.25, 0.3) is 0 Å². The Labute approximate surface area is 222 Å². The van der Waals surface area contributed by atoms with Gasteiger partial charge in [-0.2, -0.15) is 0 Å². The Hall–Kier alpha value is -2.47. The Morgan fingerprint density at radius 3 is 2.06 bits per heavy atom. The van der Waals surface area contributed by atoms with Crippen molar-refractivity contribution in [2.24, 2.45) is 0 Å². The highest BCUT2D eigenvalue weighted by Gasteiger charge is 2.30. The van der Waals surface area contributed by atoms with E-state index in [0.717, 1.165) is 23.1 Å². The monoisotopic (exact) mass is 528 g/mol.